The Morgan fingerprint density at radius 1 is 1.28 bits per heavy atom. The second kappa shape index (κ2) is 5.48. The third kappa shape index (κ3) is 2.97. The van der Waals surface area contributed by atoms with E-state index in [0.29, 0.717) is 18.3 Å². The number of aryl methyl sites for hydroxylation is 2. The van der Waals surface area contributed by atoms with E-state index in [1.807, 2.05) is 27.0 Å². The highest BCUT2D eigenvalue weighted by atomic mass is 16.4. The molecule has 0 saturated heterocycles. The maximum absolute atomic E-state index is 5.51. The fraction of sp³-hybridized carbons (Fsp3) is 0.417. The van der Waals surface area contributed by atoms with Crippen molar-refractivity contribution in [3.8, 4) is 0 Å². The van der Waals surface area contributed by atoms with Gasteiger partial charge in [0.2, 0.25) is 5.89 Å². The van der Waals surface area contributed by atoms with Gasteiger partial charge in [-0.05, 0) is 6.92 Å². The van der Waals surface area contributed by atoms with Crippen LogP contribution in [-0.4, -0.2) is 22.0 Å². The van der Waals surface area contributed by atoms with Gasteiger partial charge >= 0.3 is 0 Å². The molecule has 96 valence electrons. The van der Waals surface area contributed by atoms with E-state index in [1.54, 1.807) is 6.20 Å². The molecule has 0 aromatic carbocycles. The number of nitrogens with one attached hydrogen (secondary N) is 2. The number of aromatic nitrogens is 3. The van der Waals surface area contributed by atoms with E-state index in [1.165, 1.54) is 0 Å². The van der Waals surface area contributed by atoms with Gasteiger partial charge in [-0.2, -0.15) is 0 Å². The van der Waals surface area contributed by atoms with E-state index in [-0.39, 0.29) is 0 Å². The summed E-state index contributed by atoms with van der Waals surface area (Å²) < 4.78 is 5.51. The van der Waals surface area contributed by atoms with Crippen LogP contribution < -0.4 is 10.6 Å². The van der Waals surface area contributed by atoms with Crippen LogP contribution >= 0.6 is 0 Å². The first kappa shape index (κ1) is 12.3. The monoisotopic (exact) mass is 247 g/mol. The molecule has 2 aromatic rings. The van der Waals surface area contributed by atoms with E-state index >= 15 is 0 Å². The maximum Gasteiger partial charge on any atom is 0.213 e. The summed E-state index contributed by atoms with van der Waals surface area (Å²) in [5, 5.41) is 6.16. The zero-order valence-electron chi connectivity index (χ0n) is 10.8. The molecular weight excluding hydrogens is 230 g/mol. The molecule has 0 saturated carbocycles. The number of hydrogen-bond acceptors (Lipinski definition) is 6. The van der Waals surface area contributed by atoms with Gasteiger partial charge in [-0.1, -0.05) is 6.92 Å². The lowest BCUT2D eigenvalue weighted by atomic mass is 10.4. The van der Waals surface area contributed by atoms with Gasteiger partial charge in [0.15, 0.2) is 0 Å². The van der Waals surface area contributed by atoms with Crippen molar-refractivity contribution in [2.24, 2.45) is 0 Å². The van der Waals surface area contributed by atoms with Crippen LogP contribution in [0.3, 0.4) is 0 Å². The fourth-order valence-electron chi connectivity index (χ4n) is 1.55. The maximum atomic E-state index is 5.51. The molecule has 0 spiro atoms. The molecule has 2 aromatic heterocycles. The summed E-state index contributed by atoms with van der Waals surface area (Å²) in [6, 6.07) is 1.84. The average molecular weight is 247 g/mol. The molecule has 0 unspecified atom stereocenters. The molecule has 0 aliphatic carbocycles. The summed E-state index contributed by atoms with van der Waals surface area (Å²) in [5.41, 5.74) is 0. The lowest BCUT2D eigenvalue weighted by Crippen LogP contribution is -2.05. The van der Waals surface area contributed by atoms with E-state index in [2.05, 4.69) is 25.6 Å². The molecule has 2 heterocycles. The van der Waals surface area contributed by atoms with E-state index in [0.717, 1.165) is 23.8 Å². The zero-order valence-corrected chi connectivity index (χ0v) is 10.8. The van der Waals surface area contributed by atoms with Gasteiger partial charge < -0.3 is 15.1 Å². The summed E-state index contributed by atoms with van der Waals surface area (Å²) >= 11 is 0. The van der Waals surface area contributed by atoms with Crippen LogP contribution in [-0.2, 0) is 13.0 Å². The first-order chi connectivity index (χ1) is 8.71. The van der Waals surface area contributed by atoms with Gasteiger partial charge in [-0.3, -0.25) is 0 Å². The van der Waals surface area contributed by atoms with E-state index in [9.17, 15) is 0 Å². The number of oxazole rings is 1. The van der Waals surface area contributed by atoms with Crippen molar-refractivity contribution in [3.63, 3.8) is 0 Å². The number of rotatable bonds is 5. The molecule has 0 bridgehead atoms. The second-order valence-corrected chi connectivity index (χ2v) is 3.86. The van der Waals surface area contributed by atoms with Gasteiger partial charge in [-0.25, -0.2) is 15.0 Å². The number of hydrogen-bond donors (Lipinski definition) is 2. The minimum absolute atomic E-state index is 0.513. The highest BCUT2D eigenvalue weighted by molar-refractivity contribution is 5.47. The second-order valence-electron chi connectivity index (χ2n) is 3.86. The van der Waals surface area contributed by atoms with Crippen molar-refractivity contribution < 1.29 is 4.42 Å². The molecule has 18 heavy (non-hydrogen) atoms. The molecule has 0 radical (unpaired) electrons. The minimum Gasteiger partial charge on any atom is -0.444 e. The van der Waals surface area contributed by atoms with Crippen LogP contribution in [0.5, 0.6) is 0 Å². The minimum atomic E-state index is 0.513. The van der Waals surface area contributed by atoms with Crippen LogP contribution in [0.25, 0.3) is 0 Å². The predicted molar refractivity (Wildman–Crippen MR) is 69.5 cm³/mol. The Hall–Kier alpha value is -2.11. The SMILES string of the molecule is CCc1cnc(CNc2cc(NC)nc(C)n2)o1. The van der Waals surface area contributed by atoms with Crippen molar-refractivity contribution >= 4 is 11.6 Å². The van der Waals surface area contributed by atoms with E-state index in [4.69, 9.17) is 4.42 Å². The molecule has 6 heteroatoms. The molecule has 0 atom stereocenters. The quantitative estimate of drug-likeness (QED) is 0.841. The van der Waals surface area contributed by atoms with Crippen molar-refractivity contribution in [1.82, 2.24) is 15.0 Å². The Kier molecular flexibility index (Phi) is 3.76. The Labute approximate surface area is 106 Å². The fourth-order valence-corrected chi connectivity index (χ4v) is 1.55. The molecule has 2 rings (SSSR count). The predicted octanol–water partition coefficient (Wildman–Crippen LogP) is 1.99. The molecule has 6 nitrogen and oxygen atoms in total. The van der Waals surface area contributed by atoms with Crippen LogP contribution in [0.2, 0.25) is 0 Å². The number of nitrogens with zero attached hydrogens (tertiary/aromatic N) is 3. The van der Waals surface area contributed by atoms with Gasteiger partial charge in [-0.15, -0.1) is 0 Å². The molecular formula is C12H17N5O. The highest BCUT2D eigenvalue weighted by Gasteiger charge is 2.04. The Balaban J connectivity index is 2.03. The van der Waals surface area contributed by atoms with Crippen molar-refractivity contribution in [3.05, 3.63) is 29.7 Å². The van der Waals surface area contributed by atoms with Crippen LogP contribution in [0.1, 0.15) is 24.4 Å². The standard InChI is InChI=1S/C12H17N5O/c1-4-9-6-15-12(18-9)7-14-11-5-10(13-3)16-8(2)17-11/h5-6H,4,7H2,1-3H3,(H2,13,14,16,17). The number of anilines is 2. The first-order valence-electron chi connectivity index (χ1n) is 5.92. The van der Waals surface area contributed by atoms with Crippen molar-refractivity contribution in [2.45, 2.75) is 26.8 Å². The summed E-state index contributed by atoms with van der Waals surface area (Å²) in [6.07, 6.45) is 2.60. The summed E-state index contributed by atoms with van der Waals surface area (Å²) in [5.74, 6) is 3.80. The van der Waals surface area contributed by atoms with Crippen LogP contribution in [0, 0.1) is 6.92 Å². The van der Waals surface area contributed by atoms with Gasteiger partial charge in [0.1, 0.15) is 23.2 Å². The lowest BCUT2D eigenvalue weighted by molar-refractivity contribution is 0.465. The third-order valence-electron chi connectivity index (χ3n) is 2.46. The normalized spacial score (nSPS) is 10.4. The topological polar surface area (TPSA) is 75.9 Å². The molecule has 0 aliphatic heterocycles. The smallest absolute Gasteiger partial charge is 0.213 e. The third-order valence-corrected chi connectivity index (χ3v) is 2.46. The summed E-state index contributed by atoms with van der Waals surface area (Å²) in [7, 11) is 1.83. The van der Waals surface area contributed by atoms with Crippen molar-refractivity contribution in [2.75, 3.05) is 17.7 Å². The van der Waals surface area contributed by atoms with Gasteiger partial charge in [0.25, 0.3) is 0 Å². The van der Waals surface area contributed by atoms with Gasteiger partial charge in [0, 0.05) is 19.5 Å². The van der Waals surface area contributed by atoms with Crippen LogP contribution in [0.15, 0.2) is 16.7 Å². The Morgan fingerprint density at radius 2 is 2.06 bits per heavy atom. The summed E-state index contributed by atoms with van der Waals surface area (Å²) in [4.78, 5) is 12.7. The Morgan fingerprint density at radius 3 is 2.72 bits per heavy atom. The van der Waals surface area contributed by atoms with Crippen molar-refractivity contribution in [1.29, 1.82) is 0 Å². The zero-order chi connectivity index (χ0) is 13.0. The molecule has 0 amide bonds. The Bertz CT molecular complexity index is 523. The van der Waals surface area contributed by atoms with Gasteiger partial charge in [0.05, 0.1) is 12.7 Å². The van der Waals surface area contributed by atoms with E-state index < -0.39 is 0 Å². The first-order valence-corrected chi connectivity index (χ1v) is 5.92. The molecule has 0 aliphatic rings. The molecule has 2 N–H and O–H groups in total. The highest BCUT2D eigenvalue weighted by Crippen LogP contribution is 2.12. The molecule has 0 fully saturated rings. The lowest BCUT2D eigenvalue weighted by Gasteiger charge is -2.06. The average Bonchev–Trinajstić information content (AvgIpc) is 2.83. The summed E-state index contributed by atoms with van der Waals surface area (Å²) in [6.45, 7) is 4.40. The largest absolute Gasteiger partial charge is 0.444 e. The van der Waals surface area contributed by atoms with Crippen LogP contribution in [0.4, 0.5) is 11.6 Å².